The van der Waals surface area contributed by atoms with E-state index in [1.165, 1.54) is 18.2 Å². The number of hydrogen-bond acceptors (Lipinski definition) is 5. The van der Waals surface area contributed by atoms with Crippen LogP contribution < -0.4 is 10.6 Å². The minimum Gasteiger partial charge on any atom is -0.373 e. The van der Waals surface area contributed by atoms with E-state index >= 15 is 0 Å². The molecule has 2 N–H and O–H groups in total. The van der Waals surface area contributed by atoms with Gasteiger partial charge in [0.2, 0.25) is 0 Å². The molecule has 0 bridgehead atoms. The maximum absolute atomic E-state index is 12.1. The number of non-ortho nitro benzene ring substituents is 1. The van der Waals surface area contributed by atoms with Crippen molar-refractivity contribution in [2.75, 3.05) is 17.7 Å². The second kappa shape index (κ2) is 6.00. The van der Waals surface area contributed by atoms with Gasteiger partial charge in [0, 0.05) is 24.9 Å². The van der Waals surface area contributed by atoms with Crippen LogP contribution in [0.5, 0.6) is 0 Å². The van der Waals surface area contributed by atoms with Crippen LogP contribution in [-0.4, -0.2) is 22.9 Å². The lowest BCUT2D eigenvalue weighted by Crippen LogP contribution is -2.15. The third-order valence-corrected chi connectivity index (χ3v) is 2.91. The molecule has 108 valence electrons. The van der Waals surface area contributed by atoms with E-state index in [0.29, 0.717) is 17.1 Å². The Kier molecular flexibility index (Phi) is 4.13. The fraction of sp³-hybridized carbons (Fsp3) is 0.143. The summed E-state index contributed by atoms with van der Waals surface area (Å²) in [7, 11) is 1.71. The Balaban J connectivity index is 2.21. The minimum absolute atomic E-state index is 0.0131. The van der Waals surface area contributed by atoms with Crippen LogP contribution in [0.4, 0.5) is 17.2 Å². The van der Waals surface area contributed by atoms with Crippen molar-refractivity contribution in [1.29, 1.82) is 0 Å². The number of amides is 1. The summed E-state index contributed by atoms with van der Waals surface area (Å²) < 4.78 is 0. The van der Waals surface area contributed by atoms with Gasteiger partial charge in [0.25, 0.3) is 11.6 Å². The molecule has 0 radical (unpaired) electrons. The van der Waals surface area contributed by atoms with Crippen molar-refractivity contribution in [2.45, 2.75) is 6.92 Å². The molecule has 21 heavy (non-hydrogen) atoms. The zero-order chi connectivity index (χ0) is 15.4. The molecule has 2 aromatic rings. The lowest BCUT2D eigenvalue weighted by Gasteiger charge is -2.08. The van der Waals surface area contributed by atoms with Gasteiger partial charge in [0.05, 0.1) is 4.92 Å². The van der Waals surface area contributed by atoms with Crippen LogP contribution in [0.2, 0.25) is 0 Å². The monoisotopic (exact) mass is 286 g/mol. The van der Waals surface area contributed by atoms with Crippen LogP contribution >= 0.6 is 0 Å². The molecular formula is C14H14N4O3. The van der Waals surface area contributed by atoms with Crippen LogP contribution in [0, 0.1) is 17.0 Å². The number of hydrogen-bond donors (Lipinski definition) is 2. The molecule has 7 heteroatoms. The molecule has 0 aliphatic rings. The lowest BCUT2D eigenvalue weighted by molar-refractivity contribution is -0.384. The summed E-state index contributed by atoms with van der Waals surface area (Å²) in [4.78, 5) is 26.5. The van der Waals surface area contributed by atoms with Gasteiger partial charge >= 0.3 is 0 Å². The number of carbonyl (C=O) groups is 1. The summed E-state index contributed by atoms with van der Waals surface area (Å²) in [5, 5.41) is 16.2. The van der Waals surface area contributed by atoms with Gasteiger partial charge in [-0.25, -0.2) is 4.98 Å². The van der Waals surface area contributed by atoms with Crippen molar-refractivity contribution < 1.29 is 9.72 Å². The van der Waals surface area contributed by atoms with Crippen molar-refractivity contribution in [3.63, 3.8) is 0 Å². The summed E-state index contributed by atoms with van der Waals surface area (Å²) >= 11 is 0. The van der Waals surface area contributed by atoms with Gasteiger partial charge in [0.15, 0.2) is 0 Å². The first kappa shape index (κ1) is 14.4. The third kappa shape index (κ3) is 3.33. The summed E-state index contributed by atoms with van der Waals surface area (Å²) in [6, 6.07) is 9.32. The van der Waals surface area contributed by atoms with Crippen molar-refractivity contribution >= 4 is 23.1 Å². The molecule has 1 aromatic heterocycles. The van der Waals surface area contributed by atoms with Crippen molar-refractivity contribution in [3.8, 4) is 0 Å². The molecule has 0 saturated heterocycles. The SMILES string of the molecule is CNc1cccc(C(=O)Nc2ccc([N+](=O)[O-])cc2C)n1. The highest BCUT2D eigenvalue weighted by Crippen LogP contribution is 2.21. The number of anilines is 2. The maximum Gasteiger partial charge on any atom is 0.274 e. The molecule has 0 atom stereocenters. The van der Waals surface area contributed by atoms with E-state index in [2.05, 4.69) is 15.6 Å². The maximum atomic E-state index is 12.1. The van der Waals surface area contributed by atoms with Crippen molar-refractivity contribution in [3.05, 3.63) is 57.8 Å². The average molecular weight is 286 g/mol. The first-order valence-electron chi connectivity index (χ1n) is 6.22. The van der Waals surface area contributed by atoms with Crippen LogP contribution in [0.25, 0.3) is 0 Å². The number of aromatic nitrogens is 1. The molecule has 1 heterocycles. The largest absolute Gasteiger partial charge is 0.373 e. The molecule has 0 spiro atoms. The fourth-order valence-electron chi connectivity index (χ4n) is 1.79. The molecule has 0 saturated carbocycles. The minimum atomic E-state index is -0.476. The van der Waals surface area contributed by atoms with Crippen LogP contribution in [0.3, 0.4) is 0 Å². The molecule has 1 amide bonds. The Hall–Kier alpha value is -2.96. The van der Waals surface area contributed by atoms with E-state index in [-0.39, 0.29) is 17.3 Å². The molecule has 7 nitrogen and oxygen atoms in total. The van der Waals surface area contributed by atoms with Gasteiger partial charge in [-0.05, 0) is 30.7 Å². The van der Waals surface area contributed by atoms with E-state index < -0.39 is 4.92 Å². The lowest BCUT2D eigenvalue weighted by atomic mass is 10.1. The standard InChI is InChI=1S/C14H14N4O3/c1-9-8-10(18(20)21)6-7-11(9)17-14(19)12-4-3-5-13(15-2)16-12/h3-8H,1-2H3,(H,15,16)(H,17,19). The van der Waals surface area contributed by atoms with E-state index in [1.54, 1.807) is 32.2 Å². The Labute approximate surface area is 121 Å². The van der Waals surface area contributed by atoms with Crippen molar-refractivity contribution in [2.24, 2.45) is 0 Å². The van der Waals surface area contributed by atoms with E-state index in [9.17, 15) is 14.9 Å². The van der Waals surface area contributed by atoms with Gasteiger partial charge in [0.1, 0.15) is 11.5 Å². The topological polar surface area (TPSA) is 97.2 Å². The van der Waals surface area contributed by atoms with Crippen LogP contribution in [-0.2, 0) is 0 Å². The highest BCUT2D eigenvalue weighted by atomic mass is 16.6. The number of pyridine rings is 1. The predicted molar refractivity (Wildman–Crippen MR) is 79.6 cm³/mol. The highest BCUT2D eigenvalue weighted by molar-refractivity contribution is 6.03. The van der Waals surface area contributed by atoms with Gasteiger partial charge in [-0.2, -0.15) is 0 Å². The summed E-state index contributed by atoms with van der Waals surface area (Å²) in [6.45, 7) is 1.69. The van der Waals surface area contributed by atoms with Gasteiger partial charge in [-0.3, -0.25) is 14.9 Å². The number of nitrogens with zero attached hydrogens (tertiary/aromatic N) is 2. The Morgan fingerprint density at radius 3 is 2.67 bits per heavy atom. The van der Waals surface area contributed by atoms with Crippen LogP contribution in [0.15, 0.2) is 36.4 Å². The predicted octanol–water partition coefficient (Wildman–Crippen LogP) is 2.59. The smallest absolute Gasteiger partial charge is 0.274 e. The van der Waals surface area contributed by atoms with Gasteiger partial charge in [-0.1, -0.05) is 6.07 Å². The second-order valence-corrected chi connectivity index (χ2v) is 4.37. The zero-order valence-electron chi connectivity index (χ0n) is 11.6. The quantitative estimate of drug-likeness (QED) is 0.665. The first-order chi connectivity index (χ1) is 10.0. The second-order valence-electron chi connectivity index (χ2n) is 4.37. The van der Waals surface area contributed by atoms with Gasteiger partial charge < -0.3 is 10.6 Å². The molecule has 0 aliphatic heterocycles. The third-order valence-electron chi connectivity index (χ3n) is 2.91. The zero-order valence-corrected chi connectivity index (χ0v) is 11.6. The van der Waals surface area contributed by atoms with E-state index in [1.807, 2.05) is 0 Å². The normalized spacial score (nSPS) is 10.0. The number of benzene rings is 1. The molecular weight excluding hydrogens is 272 g/mol. The first-order valence-corrected chi connectivity index (χ1v) is 6.22. The highest BCUT2D eigenvalue weighted by Gasteiger charge is 2.12. The molecule has 2 rings (SSSR count). The summed E-state index contributed by atoms with van der Waals surface area (Å²) in [6.07, 6.45) is 0. The Morgan fingerprint density at radius 1 is 1.29 bits per heavy atom. The molecule has 0 aliphatic carbocycles. The molecule has 0 unspecified atom stereocenters. The summed E-state index contributed by atoms with van der Waals surface area (Å²) in [5.74, 6) is 0.215. The fourth-order valence-corrected chi connectivity index (χ4v) is 1.79. The Morgan fingerprint density at radius 2 is 2.05 bits per heavy atom. The summed E-state index contributed by atoms with van der Waals surface area (Å²) in [5.41, 5.74) is 1.38. The van der Waals surface area contributed by atoms with Crippen molar-refractivity contribution in [1.82, 2.24) is 4.98 Å². The Bertz CT molecular complexity index is 700. The number of rotatable bonds is 4. The molecule has 0 fully saturated rings. The molecule has 1 aromatic carbocycles. The average Bonchev–Trinajstić information content (AvgIpc) is 2.49. The van der Waals surface area contributed by atoms with E-state index in [4.69, 9.17) is 0 Å². The number of aryl methyl sites for hydroxylation is 1. The van der Waals surface area contributed by atoms with Gasteiger partial charge in [-0.15, -0.1) is 0 Å². The number of nitrogens with one attached hydrogen (secondary N) is 2. The number of nitro benzene ring substituents is 1. The van der Waals surface area contributed by atoms with Crippen LogP contribution in [0.1, 0.15) is 16.1 Å². The number of nitro groups is 1. The number of carbonyl (C=O) groups excluding carboxylic acids is 1. The van der Waals surface area contributed by atoms with E-state index in [0.717, 1.165) is 0 Å².